The monoisotopic (exact) mass is 192 g/mol. The fourth-order valence-electron chi connectivity index (χ4n) is 1.37. The van der Waals surface area contributed by atoms with Gasteiger partial charge in [-0.2, -0.15) is 5.10 Å². The van der Waals surface area contributed by atoms with Crippen LogP contribution < -0.4 is 11.3 Å². The standard InChI is InChI=1S/C10H16N4/c1-3-4-5-6-10(13-11)9-7-12-14(2)8-9/h1,7-8,10,13H,4-6,11H2,2H3. The Hall–Kier alpha value is -1.31. The van der Waals surface area contributed by atoms with E-state index < -0.39 is 0 Å². The summed E-state index contributed by atoms with van der Waals surface area (Å²) in [6.07, 6.45) is 11.7. The van der Waals surface area contributed by atoms with Gasteiger partial charge in [0, 0.05) is 31.3 Å². The van der Waals surface area contributed by atoms with Crippen LogP contribution in [0.4, 0.5) is 0 Å². The topological polar surface area (TPSA) is 55.9 Å². The molecule has 0 saturated carbocycles. The number of aryl methyl sites for hydroxylation is 1. The molecule has 0 aromatic carbocycles. The van der Waals surface area contributed by atoms with E-state index in [-0.39, 0.29) is 6.04 Å². The minimum atomic E-state index is 0.150. The highest BCUT2D eigenvalue weighted by atomic mass is 15.3. The molecule has 1 aromatic heterocycles. The average molecular weight is 192 g/mol. The van der Waals surface area contributed by atoms with Gasteiger partial charge in [0.05, 0.1) is 6.20 Å². The lowest BCUT2D eigenvalue weighted by Crippen LogP contribution is -2.27. The summed E-state index contributed by atoms with van der Waals surface area (Å²) >= 11 is 0. The predicted octanol–water partition coefficient (Wildman–Crippen LogP) is 0.728. The number of aromatic nitrogens is 2. The van der Waals surface area contributed by atoms with Crippen LogP contribution >= 0.6 is 0 Å². The van der Waals surface area contributed by atoms with E-state index in [1.54, 1.807) is 4.68 Å². The molecule has 0 amide bonds. The van der Waals surface area contributed by atoms with E-state index in [1.165, 1.54) is 0 Å². The molecule has 0 aliphatic rings. The summed E-state index contributed by atoms with van der Waals surface area (Å²) < 4.78 is 1.76. The molecule has 0 saturated heterocycles. The van der Waals surface area contributed by atoms with Crippen molar-refractivity contribution in [1.29, 1.82) is 0 Å². The smallest absolute Gasteiger partial charge is 0.0538 e. The third kappa shape index (κ3) is 2.87. The maximum atomic E-state index is 5.46. The quantitative estimate of drug-likeness (QED) is 0.313. The van der Waals surface area contributed by atoms with E-state index in [9.17, 15) is 0 Å². The van der Waals surface area contributed by atoms with Crippen molar-refractivity contribution in [3.05, 3.63) is 18.0 Å². The first kappa shape index (κ1) is 10.8. The fourth-order valence-corrected chi connectivity index (χ4v) is 1.37. The molecule has 4 nitrogen and oxygen atoms in total. The molecule has 0 aliphatic carbocycles. The maximum absolute atomic E-state index is 5.46. The molecule has 3 N–H and O–H groups in total. The third-order valence-corrected chi connectivity index (χ3v) is 2.14. The summed E-state index contributed by atoms with van der Waals surface area (Å²) in [6.45, 7) is 0. The normalized spacial score (nSPS) is 12.4. The summed E-state index contributed by atoms with van der Waals surface area (Å²) in [7, 11) is 1.89. The second kappa shape index (κ2) is 5.43. The first-order valence-corrected chi connectivity index (χ1v) is 4.66. The van der Waals surface area contributed by atoms with Crippen molar-refractivity contribution in [3.8, 4) is 12.3 Å². The van der Waals surface area contributed by atoms with E-state index >= 15 is 0 Å². The van der Waals surface area contributed by atoms with Gasteiger partial charge in [-0.25, -0.2) is 0 Å². The molecule has 1 unspecified atom stereocenters. The Morgan fingerprint density at radius 3 is 3.07 bits per heavy atom. The zero-order valence-electron chi connectivity index (χ0n) is 8.40. The van der Waals surface area contributed by atoms with Crippen molar-refractivity contribution in [1.82, 2.24) is 15.2 Å². The highest BCUT2D eigenvalue weighted by Gasteiger charge is 2.10. The molecule has 76 valence electrons. The molecule has 4 heteroatoms. The Morgan fingerprint density at radius 1 is 1.79 bits per heavy atom. The van der Waals surface area contributed by atoms with E-state index in [2.05, 4.69) is 16.4 Å². The first-order valence-electron chi connectivity index (χ1n) is 4.66. The maximum Gasteiger partial charge on any atom is 0.0538 e. The molecule has 0 bridgehead atoms. The van der Waals surface area contributed by atoms with E-state index in [1.807, 2.05) is 19.4 Å². The summed E-state index contributed by atoms with van der Waals surface area (Å²) in [6, 6.07) is 0.150. The SMILES string of the molecule is C#CCCCC(NN)c1cnn(C)c1. The number of rotatable bonds is 5. The summed E-state index contributed by atoms with van der Waals surface area (Å²) in [4.78, 5) is 0. The minimum absolute atomic E-state index is 0.150. The van der Waals surface area contributed by atoms with Gasteiger partial charge >= 0.3 is 0 Å². The van der Waals surface area contributed by atoms with Gasteiger partial charge in [-0.05, 0) is 12.8 Å². The van der Waals surface area contributed by atoms with Crippen LogP contribution in [-0.4, -0.2) is 9.78 Å². The van der Waals surface area contributed by atoms with Crippen molar-refractivity contribution >= 4 is 0 Å². The van der Waals surface area contributed by atoms with Crippen molar-refractivity contribution in [2.75, 3.05) is 0 Å². The number of hydrogen-bond donors (Lipinski definition) is 2. The Balaban J connectivity index is 2.50. The van der Waals surface area contributed by atoms with Crippen LogP contribution in [0.1, 0.15) is 30.9 Å². The van der Waals surface area contributed by atoms with Crippen LogP contribution in [-0.2, 0) is 7.05 Å². The Labute approximate surface area is 84.5 Å². The molecule has 0 fully saturated rings. The predicted molar refractivity (Wildman–Crippen MR) is 56.0 cm³/mol. The van der Waals surface area contributed by atoms with Crippen LogP contribution in [0.3, 0.4) is 0 Å². The zero-order valence-corrected chi connectivity index (χ0v) is 8.40. The van der Waals surface area contributed by atoms with Crippen molar-refractivity contribution < 1.29 is 0 Å². The summed E-state index contributed by atoms with van der Waals surface area (Å²) in [5.74, 6) is 8.07. The number of hydrogen-bond acceptors (Lipinski definition) is 3. The minimum Gasteiger partial charge on any atom is -0.275 e. The van der Waals surface area contributed by atoms with Crippen LogP contribution in [0.25, 0.3) is 0 Å². The largest absolute Gasteiger partial charge is 0.275 e. The number of terminal acetylenes is 1. The highest BCUT2D eigenvalue weighted by Crippen LogP contribution is 2.17. The van der Waals surface area contributed by atoms with Crippen molar-refractivity contribution in [2.45, 2.75) is 25.3 Å². The highest BCUT2D eigenvalue weighted by molar-refractivity contribution is 5.09. The molecule has 1 atom stereocenters. The van der Waals surface area contributed by atoms with Gasteiger partial charge in [0.25, 0.3) is 0 Å². The molecule has 0 spiro atoms. The van der Waals surface area contributed by atoms with Crippen LogP contribution in [0.2, 0.25) is 0 Å². The van der Waals surface area contributed by atoms with Crippen LogP contribution in [0.15, 0.2) is 12.4 Å². The summed E-state index contributed by atoms with van der Waals surface area (Å²) in [5, 5.41) is 4.09. The van der Waals surface area contributed by atoms with Gasteiger partial charge in [-0.15, -0.1) is 12.3 Å². The first-order chi connectivity index (χ1) is 6.77. The molecule has 14 heavy (non-hydrogen) atoms. The Bertz CT molecular complexity index is 310. The number of nitrogens with two attached hydrogens (primary N) is 1. The molecule has 1 rings (SSSR count). The Kier molecular flexibility index (Phi) is 4.17. The summed E-state index contributed by atoms with van der Waals surface area (Å²) in [5.41, 5.74) is 3.87. The fraction of sp³-hybridized carbons (Fsp3) is 0.500. The molecular weight excluding hydrogens is 176 g/mol. The van der Waals surface area contributed by atoms with E-state index in [0.717, 1.165) is 24.8 Å². The lowest BCUT2D eigenvalue weighted by molar-refractivity contribution is 0.502. The second-order valence-corrected chi connectivity index (χ2v) is 3.26. The number of unbranched alkanes of at least 4 members (excludes halogenated alkanes) is 1. The Morgan fingerprint density at radius 2 is 2.57 bits per heavy atom. The van der Waals surface area contributed by atoms with Gasteiger partial charge in [-0.3, -0.25) is 16.0 Å². The zero-order chi connectivity index (χ0) is 10.4. The molecular formula is C10H16N4. The number of nitrogens with zero attached hydrogens (tertiary/aromatic N) is 2. The van der Waals surface area contributed by atoms with Gasteiger partial charge in [0.15, 0.2) is 0 Å². The lowest BCUT2D eigenvalue weighted by Gasteiger charge is -2.12. The van der Waals surface area contributed by atoms with Gasteiger partial charge < -0.3 is 0 Å². The third-order valence-electron chi connectivity index (χ3n) is 2.14. The van der Waals surface area contributed by atoms with E-state index in [4.69, 9.17) is 12.3 Å². The molecule has 0 aliphatic heterocycles. The molecule has 1 aromatic rings. The van der Waals surface area contributed by atoms with Gasteiger partial charge in [0.1, 0.15) is 0 Å². The molecule has 0 radical (unpaired) electrons. The average Bonchev–Trinajstić information content (AvgIpc) is 2.60. The van der Waals surface area contributed by atoms with E-state index in [0.29, 0.717) is 0 Å². The van der Waals surface area contributed by atoms with Crippen LogP contribution in [0.5, 0.6) is 0 Å². The number of hydrazine groups is 1. The van der Waals surface area contributed by atoms with Gasteiger partial charge in [0.2, 0.25) is 0 Å². The van der Waals surface area contributed by atoms with Crippen molar-refractivity contribution in [3.63, 3.8) is 0 Å². The lowest BCUT2D eigenvalue weighted by atomic mass is 10.1. The van der Waals surface area contributed by atoms with Crippen molar-refractivity contribution in [2.24, 2.45) is 12.9 Å². The van der Waals surface area contributed by atoms with Gasteiger partial charge in [-0.1, -0.05) is 0 Å². The van der Waals surface area contributed by atoms with Crippen LogP contribution in [0, 0.1) is 12.3 Å². The second-order valence-electron chi connectivity index (χ2n) is 3.26. The number of nitrogens with one attached hydrogen (secondary N) is 1. The molecule has 1 heterocycles.